The van der Waals surface area contributed by atoms with Gasteiger partial charge in [0.15, 0.2) is 0 Å². The summed E-state index contributed by atoms with van der Waals surface area (Å²) in [5.41, 5.74) is 3.80. The van der Waals surface area contributed by atoms with Crippen molar-refractivity contribution in [1.29, 1.82) is 0 Å². The Bertz CT molecular complexity index is 727. The number of thiazole rings is 1. The third-order valence-corrected chi connectivity index (χ3v) is 4.43. The van der Waals surface area contributed by atoms with E-state index in [-0.39, 0.29) is 0 Å². The quantitative estimate of drug-likeness (QED) is 0.698. The molecule has 110 valence electrons. The van der Waals surface area contributed by atoms with Gasteiger partial charge in [-0.05, 0) is 31.5 Å². The van der Waals surface area contributed by atoms with Gasteiger partial charge in [-0.2, -0.15) is 0 Å². The lowest BCUT2D eigenvalue weighted by Gasteiger charge is -2.02. The molecular formula is C17H21N3S. The standard InChI is InChI=1S/C17H21N3S/c1-3-8-18-9-14-10-20(11-15-12-21-13(2)19-15)17-7-5-4-6-16(14)17/h4-7,10,12,18H,3,8-9,11H2,1-2H3. The first kappa shape index (κ1) is 14.3. The monoisotopic (exact) mass is 299 g/mol. The molecule has 0 bridgehead atoms. The molecule has 3 nitrogen and oxygen atoms in total. The van der Waals surface area contributed by atoms with Crippen LogP contribution in [0.4, 0.5) is 0 Å². The maximum absolute atomic E-state index is 4.58. The molecule has 0 aliphatic heterocycles. The lowest BCUT2D eigenvalue weighted by molar-refractivity contribution is 0.675. The number of nitrogens with one attached hydrogen (secondary N) is 1. The highest BCUT2D eigenvalue weighted by Crippen LogP contribution is 2.22. The molecule has 0 unspecified atom stereocenters. The molecule has 0 atom stereocenters. The van der Waals surface area contributed by atoms with E-state index < -0.39 is 0 Å². The van der Waals surface area contributed by atoms with E-state index in [9.17, 15) is 0 Å². The van der Waals surface area contributed by atoms with Crippen molar-refractivity contribution in [3.63, 3.8) is 0 Å². The van der Waals surface area contributed by atoms with Crippen LogP contribution in [0.3, 0.4) is 0 Å². The van der Waals surface area contributed by atoms with Gasteiger partial charge in [-0.15, -0.1) is 11.3 Å². The van der Waals surface area contributed by atoms with E-state index in [0.717, 1.165) is 36.8 Å². The smallest absolute Gasteiger partial charge is 0.0898 e. The Morgan fingerprint density at radius 3 is 2.90 bits per heavy atom. The highest BCUT2D eigenvalue weighted by Gasteiger charge is 2.09. The van der Waals surface area contributed by atoms with Crippen LogP contribution in [0.15, 0.2) is 35.8 Å². The second-order valence-corrected chi connectivity index (χ2v) is 6.40. The van der Waals surface area contributed by atoms with Gasteiger partial charge in [0, 0.05) is 29.0 Å². The minimum absolute atomic E-state index is 0.846. The Hall–Kier alpha value is -1.65. The largest absolute Gasteiger partial charge is 0.341 e. The van der Waals surface area contributed by atoms with Gasteiger partial charge in [0.05, 0.1) is 17.2 Å². The van der Waals surface area contributed by atoms with Crippen molar-refractivity contribution in [3.05, 3.63) is 52.1 Å². The van der Waals surface area contributed by atoms with Crippen LogP contribution >= 0.6 is 11.3 Å². The minimum atomic E-state index is 0.846. The van der Waals surface area contributed by atoms with Gasteiger partial charge in [0.25, 0.3) is 0 Å². The fourth-order valence-corrected chi connectivity index (χ4v) is 3.25. The number of hydrogen-bond acceptors (Lipinski definition) is 3. The van der Waals surface area contributed by atoms with Crippen LogP contribution in [0.5, 0.6) is 0 Å². The Morgan fingerprint density at radius 1 is 1.29 bits per heavy atom. The van der Waals surface area contributed by atoms with Crippen molar-refractivity contribution < 1.29 is 0 Å². The molecule has 1 aromatic carbocycles. The van der Waals surface area contributed by atoms with E-state index in [0.29, 0.717) is 0 Å². The highest BCUT2D eigenvalue weighted by molar-refractivity contribution is 7.09. The van der Waals surface area contributed by atoms with Crippen molar-refractivity contribution in [2.45, 2.75) is 33.4 Å². The predicted molar refractivity (Wildman–Crippen MR) is 89.9 cm³/mol. The van der Waals surface area contributed by atoms with Gasteiger partial charge in [-0.1, -0.05) is 25.1 Å². The highest BCUT2D eigenvalue weighted by atomic mass is 32.1. The van der Waals surface area contributed by atoms with Crippen molar-refractivity contribution in [1.82, 2.24) is 14.9 Å². The molecule has 3 rings (SSSR count). The molecular weight excluding hydrogens is 278 g/mol. The van der Waals surface area contributed by atoms with Crippen LogP contribution in [0, 0.1) is 6.92 Å². The zero-order chi connectivity index (χ0) is 14.7. The van der Waals surface area contributed by atoms with Crippen LogP contribution in [-0.2, 0) is 13.1 Å². The summed E-state index contributed by atoms with van der Waals surface area (Å²) in [7, 11) is 0. The zero-order valence-electron chi connectivity index (χ0n) is 12.6. The fourth-order valence-electron chi connectivity index (χ4n) is 2.65. The summed E-state index contributed by atoms with van der Waals surface area (Å²) in [6, 6.07) is 8.62. The number of para-hydroxylation sites is 1. The molecule has 2 heterocycles. The van der Waals surface area contributed by atoms with Crippen LogP contribution in [-0.4, -0.2) is 16.1 Å². The Balaban J connectivity index is 1.90. The first-order valence-corrected chi connectivity index (χ1v) is 8.34. The Kier molecular flexibility index (Phi) is 4.36. The number of hydrogen-bond donors (Lipinski definition) is 1. The maximum atomic E-state index is 4.58. The van der Waals surface area contributed by atoms with Crippen LogP contribution < -0.4 is 5.32 Å². The predicted octanol–water partition coefficient (Wildman–Crippen LogP) is 3.95. The molecule has 21 heavy (non-hydrogen) atoms. The molecule has 0 amide bonds. The summed E-state index contributed by atoms with van der Waals surface area (Å²) in [5.74, 6) is 0. The molecule has 0 saturated carbocycles. The third kappa shape index (κ3) is 3.17. The van der Waals surface area contributed by atoms with E-state index in [1.807, 2.05) is 0 Å². The lowest BCUT2D eigenvalue weighted by Crippen LogP contribution is -2.13. The van der Waals surface area contributed by atoms with Gasteiger partial charge in [-0.3, -0.25) is 0 Å². The summed E-state index contributed by atoms with van der Waals surface area (Å²) in [6.45, 7) is 7.09. The summed E-state index contributed by atoms with van der Waals surface area (Å²) in [6.07, 6.45) is 3.43. The molecule has 3 aromatic rings. The molecule has 1 N–H and O–H groups in total. The van der Waals surface area contributed by atoms with Gasteiger partial charge in [0.1, 0.15) is 0 Å². The van der Waals surface area contributed by atoms with Crippen molar-refractivity contribution in [2.24, 2.45) is 0 Å². The SMILES string of the molecule is CCCNCc1cn(Cc2csc(C)n2)c2ccccc12. The first-order valence-electron chi connectivity index (χ1n) is 7.46. The van der Waals surface area contributed by atoms with Crippen molar-refractivity contribution in [3.8, 4) is 0 Å². The number of aryl methyl sites for hydroxylation is 1. The summed E-state index contributed by atoms with van der Waals surface area (Å²) in [4.78, 5) is 4.58. The molecule has 0 saturated heterocycles. The molecule has 2 aromatic heterocycles. The number of rotatable bonds is 6. The summed E-state index contributed by atoms with van der Waals surface area (Å²) in [5, 5.41) is 8.12. The Labute approximate surface area is 129 Å². The second-order valence-electron chi connectivity index (χ2n) is 5.33. The number of fused-ring (bicyclic) bond motifs is 1. The molecule has 0 aliphatic carbocycles. The zero-order valence-corrected chi connectivity index (χ0v) is 13.4. The normalized spacial score (nSPS) is 11.3. The van der Waals surface area contributed by atoms with Gasteiger partial charge >= 0.3 is 0 Å². The Morgan fingerprint density at radius 2 is 2.14 bits per heavy atom. The van der Waals surface area contributed by atoms with E-state index in [1.54, 1.807) is 11.3 Å². The maximum Gasteiger partial charge on any atom is 0.0898 e. The molecule has 4 heteroatoms. The van der Waals surface area contributed by atoms with E-state index >= 15 is 0 Å². The summed E-state index contributed by atoms with van der Waals surface area (Å²) >= 11 is 1.72. The second kappa shape index (κ2) is 6.41. The topological polar surface area (TPSA) is 29.9 Å². The molecule has 0 spiro atoms. The summed E-state index contributed by atoms with van der Waals surface area (Å²) < 4.78 is 2.31. The fraction of sp³-hybridized carbons (Fsp3) is 0.353. The van der Waals surface area contributed by atoms with Crippen molar-refractivity contribution >= 4 is 22.2 Å². The molecule has 0 fully saturated rings. The third-order valence-electron chi connectivity index (χ3n) is 3.61. The van der Waals surface area contributed by atoms with Gasteiger partial charge in [0.2, 0.25) is 0 Å². The van der Waals surface area contributed by atoms with Gasteiger partial charge < -0.3 is 9.88 Å². The van der Waals surface area contributed by atoms with Crippen LogP contribution in [0.2, 0.25) is 0 Å². The minimum Gasteiger partial charge on any atom is -0.341 e. The van der Waals surface area contributed by atoms with E-state index in [1.165, 1.54) is 16.5 Å². The van der Waals surface area contributed by atoms with Crippen molar-refractivity contribution in [2.75, 3.05) is 6.54 Å². The number of aromatic nitrogens is 2. The molecule has 0 radical (unpaired) electrons. The average Bonchev–Trinajstić information content (AvgIpc) is 3.05. The average molecular weight is 299 g/mol. The van der Waals surface area contributed by atoms with E-state index in [4.69, 9.17) is 0 Å². The van der Waals surface area contributed by atoms with Crippen LogP contribution in [0.25, 0.3) is 10.9 Å². The van der Waals surface area contributed by atoms with E-state index in [2.05, 4.69) is 64.6 Å². The number of benzene rings is 1. The molecule has 0 aliphatic rings. The number of nitrogens with zero attached hydrogens (tertiary/aromatic N) is 2. The first-order chi connectivity index (χ1) is 10.3. The van der Waals surface area contributed by atoms with Gasteiger partial charge in [-0.25, -0.2) is 4.98 Å². The lowest BCUT2D eigenvalue weighted by atomic mass is 10.2. The van der Waals surface area contributed by atoms with Crippen LogP contribution in [0.1, 0.15) is 29.6 Å².